The molecule has 2 aromatic rings. The van der Waals surface area contributed by atoms with E-state index in [1.165, 1.54) is 19.1 Å². The molecule has 0 N–H and O–H groups in total. The molecule has 6 nitrogen and oxygen atoms in total. The molecule has 0 saturated carbocycles. The third-order valence-corrected chi connectivity index (χ3v) is 3.80. The number of ether oxygens (including phenoxy) is 1. The number of rotatable bonds is 4. The van der Waals surface area contributed by atoms with Gasteiger partial charge in [-0.1, -0.05) is 18.2 Å². The second-order valence-electron chi connectivity index (χ2n) is 5.22. The average molecular weight is 301 g/mol. The molecule has 1 aliphatic heterocycles. The molecule has 116 valence electrons. The van der Waals surface area contributed by atoms with Crippen molar-refractivity contribution in [3.63, 3.8) is 0 Å². The van der Waals surface area contributed by atoms with Crippen molar-refractivity contribution in [1.82, 2.24) is 9.88 Å². The van der Waals surface area contributed by atoms with Crippen LogP contribution in [0.2, 0.25) is 0 Å². The van der Waals surface area contributed by atoms with E-state index in [1.54, 1.807) is 0 Å². The van der Waals surface area contributed by atoms with E-state index < -0.39 is 5.97 Å². The molecule has 0 atom stereocenters. The second kappa shape index (κ2) is 6.62. The molecule has 0 unspecified atom stereocenters. The normalized spacial score (nSPS) is 15.8. The minimum Gasteiger partial charge on any atom is -0.464 e. The maximum absolute atomic E-state index is 11.4. The van der Waals surface area contributed by atoms with E-state index in [-0.39, 0.29) is 5.69 Å². The number of anilines is 1. The van der Waals surface area contributed by atoms with Gasteiger partial charge in [0, 0.05) is 31.9 Å². The Labute approximate surface area is 129 Å². The van der Waals surface area contributed by atoms with Crippen molar-refractivity contribution in [3.8, 4) is 0 Å². The van der Waals surface area contributed by atoms with Gasteiger partial charge in [0.15, 0.2) is 5.69 Å². The molecule has 3 rings (SSSR count). The average Bonchev–Trinajstić information content (AvgIpc) is 3.04. The third-order valence-electron chi connectivity index (χ3n) is 3.80. The maximum Gasteiger partial charge on any atom is 0.360 e. The molecule has 2 heterocycles. The first kappa shape index (κ1) is 14.6. The highest BCUT2D eigenvalue weighted by atomic mass is 16.5. The van der Waals surface area contributed by atoms with Crippen molar-refractivity contribution in [3.05, 3.63) is 48.2 Å². The fourth-order valence-corrected chi connectivity index (χ4v) is 2.58. The summed E-state index contributed by atoms with van der Waals surface area (Å²) < 4.78 is 9.96. The molecule has 1 fully saturated rings. The van der Waals surface area contributed by atoms with Gasteiger partial charge in [0.05, 0.1) is 13.7 Å². The van der Waals surface area contributed by atoms with Gasteiger partial charge in [0.1, 0.15) is 6.26 Å². The number of methoxy groups -OCH3 is 1. The predicted molar refractivity (Wildman–Crippen MR) is 81.8 cm³/mol. The Balaban J connectivity index is 1.54. The quantitative estimate of drug-likeness (QED) is 0.802. The van der Waals surface area contributed by atoms with Gasteiger partial charge in [-0.25, -0.2) is 9.78 Å². The van der Waals surface area contributed by atoms with Gasteiger partial charge >= 0.3 is 5.97 Å². The van der Waals surface area contributed by atoms with Gasteiger partial charge in [-0.15, -0.1) is 0 Å². The first-order chi connectivity index (χ1) is 10.8. The number of nitrogens with zero attached hydrogens (tertiary/aromatic N) is 3. The van der Waals surface area contributed by atoms with Crippen molar-refractivity contribution < 1.29 is 13.9 Å². The fourth-order valence-electron chi connectivity index (χ4n) is 2.58. The molecular formula is C16H19N3O3. The Morgan fingerprint density at radius 2 is 1.95 bits per heavy atom. The highest BCUT2D eigenvalue weighted by molar-refractivity contribution is 5.86. The first-order valence-electron chi connectivity index (χ1n) is 7.31. The lowest BCUT2D eigenvalue weighted by Crippen LogP contribution is -2.46. The molecule has 0 radical (unpaired) electrons. The van der Waals surface area contributed by atoms with Crippen LogP contribution in [0.3, 0.4) is 0 Å². The maximum atomic E-state index is 11.4. The number of hydrogen-bond donors (Lipinski definition) is 0. The van der Waals surface area contributed by atoms with Crippen molar-refractivity contribution in [2.45, 2.75) is 6.54 Å². The molecule has 22 heavy (non-hydrogen) atoms. The summed E-state index contributed by atoms with van der Waals surface area (Å²) in [6.45, 7) is 4.42. The summed E-state index contributed by atoms with van der Waals surface area (Å²) >= 11 is 0. The largest absolute Gasteiger partial charge is 0.464 e. The van der Waals surface area contributed by atoms with Crippen molar-refractivity contribution in [1.29, 1.82) is 0 Å². The number of carbonyl (C=O) groups excluding carboxylic acids is 1. The van der Waals surface area contributed by atoms with Gasteiger partial charge < -0.3 is 14.1 Å². The van der Waals surface area contributed by atoms with E-state index in [4.69, 9.17) is 4.42 Å². The number of hydrogen-bond acceptors (Lipinski definition) is 6. The van der Waals surface area contributed by atoms with Gasteiger partial charge in [-0.2, -0.15) is 0 Å². The molecule has 1 aromatic carbocycles. The van der Waals surface area contributed by atoms with Crippen LogP contribution in [-0.4, -0.2) is 49.1 Å². The zero-order valence-corrected chi connectivity index (χ0v) is 12.6. The van der Waals surface area contributed by atoms with Crippen LogP contribution in [0.1, 0.15) is 16.4 Å². The fraction of sp³-hybridized carbons (Fsp3) is 0.375. The number of benzene rings is 1. The number of carbonyl (C=O) groups is 1. The van der Waals surface area contributed by atoms with Gasteiger partial charge in [-0.05, 0) is 12.1 Å². The van der Waals surface area contributed by atoms with Crippen LogP contribution in [0.25, 0.3) is 0 Å². The van der Waals surface area contributed by atoms with E-state index in [0.717, 1.165) is 26.2 Å². The van der Waals surface area contributed by atoms with Crippen LogP contribution < -0.4 is 4.90 Å². The molecule has 0 bridgehead atoms. The molecule has 0 amide bonds. The topological polar surface area (TPSA) is 58.8 Å². The number of aromatic nitrogens is 1. The van der Waals surface area contributed by atoms with Crippen LogP contribution in [0.15, 0.2) is 41.0 Å². The van der Waals surface area contributed by atoms with Crippen LogP contribution in [0, 0.1) is 0 Å². The summed E-state index contributed by atoms with van der Waals surface area (Å²) in [5.74, 6) is 0.0810. The lowest BCUT2D eigenvalue weighted by molar-refractivity contribution is 0.0594. The van der Waals surface area contributed by atoms with E-state index in [2.05, 4.69) is 43.8 Å². The van der Waals surface area contributed by atoms with E-state index in [1.807, 2.05) is 6.07 Å². The van der Waals surface area contributed by atoms with Gasteiger partial charge in [-0.3, -0.25) is 4.90 Å². The molecule has 1 saturated heterocycles. The van der Waals surface area contributed by atoms with Crippen LogP contribution in [0.4, 0.5) is 5.69 Å². The Morgan fingerprint density at radius 3 is 2.64 bits per heavy atom. The summed E-state index contributed by atoms with van der Waals surface area (Å²) in [7, 11) is 1.33. The molecular weight excluding hydrogens is 282 g/mol. The van der Waals surface area contributed by atoms with E-state index in [9.17, 15) is 4.79 Å². The van der Waals surface area contributed by atoms with E-state index in [0.29, 0.717) is 12.4 Å². The Bertz CT molecular complexity index is 619. The monoisotopic (exact) mass is 301 g/mol. The smallest absolute Gasteiger partial charge is 0.360 e. The number of para-hydroxylation sites is 1. The third kappa shape index (κ3) is 3.28. The van der Waals surface area contributed by atoms with Crippen LogP contribution in [-0.2, 0) is 11.3 Å². The molecule has 0 aliphatic carbocycles. The van der Waals surface area contributed by atoms with Crippen LogP contribution >= 0.6 is 0 Å². The van der Waals surface area contributed by atoms with Crippen LogP contribution in [0.5, 0.6) is 0 Å². The minimum absolute atomic E-state index is 0.223. The SMILES string of the molecule is COC(=O)c1coc(CN2CCN(c3ccccc3)CC2)n1. The number of oxazole rings is 1. The Morgan fingerprint density at radius 1 is 1.23 bits per heavy atom. The lowest BCUT2D eigenvalue weighted by atomic mass is 10.2. The van der Waals surface area contributed by atoms with Gasteiger partial charge in [0.25, 0.3) is 0 Å². The standard InChI is InChI=1S/C16H19N3O3/c1-21-16(20)14-12-22-15(17-14)11-18-7-9-19(10-8-18)13-5-3-2-4-6-13/h2-6,12H,7-11H2,1H3. The first-order valence-corrected chi connectivity index (χ1v) is 7.31. The molecule has 1 aliphatic rings. The highest BCUT2D eigenvalue weighted by Gasteiger charge is 2.20. The van der Waals surface area contributed by atoms with Gasteiger partial charge in [0.2, 0.25) is 5.89 Å². The predicted octanol–water partition coefficient (Wildman–Crippen LogP) is 1.78. The minimum atomic E-state index is -0.469. The van der Waals surface area contributed by atoms with Crippen molar-refractivity contribution in [2.75, 3.05) is 38.2 Å². The summed E-state index contributed by atoms with van der Waals surface area (Å²) in [5, 5.41) is 0. The highest BCUT2D eigenvalue weighted by Crippen LogP contribution is 2.16. The molecule has 6 heteroatoms. The summed E-state index contributed by atoms with van der Waals surface area (Å²) in [6.07, 6.45) is 1.35. The summed E-state index contributed by atoms with van der Waals surface area (Å²) in [6, 6.07) is 10.4. The second-order valence-corrected chi connectivity index (χ2v) is 5.22. The number of esters is 1. The van der Waals surface area contributed by atoms with E-state index >= 15 is 0 Å². The lowest BCUT2D eigenvalue weighted by Gasteiger charge is -2.35. The number of piperazine rings is 1. The zero-order chi connectivity index (χ0) is 15.4. The zero-order valence-electron chi connectivity index (χ0n) is 12.6. The summed E-state index contributed by atoms with van der Waals surface area (Å²) in [4.78, 5) is 20.1. The molecule has 1 aromatic heterocycles. The van der Waals surface area contributed by atoms with Crippen molar-refractivity contribution >= 4 is 11.7 Å². The Kier molecular flexibility index (Phi) is 4.39. The summed E-state index contributed by atoms with van der Waals surface area (Å²) in [5.41, 5.74) is 1.48. The molecule has 0 spiro atoms. The van der Waals surface area contributed by atoms with Crippen molar-refractivity contribution in [2.24, 2.45) is 0 Å². The Hall–Kier alpha value is -2.34.